The van der Waals surface area contributed by atoms with Gasteiger partial charge in [-0.05, 0) is 25.3 Å². The third kappa shape index (κ3) is 4.40. The molecular formula is C15H23NO2. The number of benzene rings is 1. The molecule has 0 radical (unpaired) electrons. The number of para-hydroxylation sites is 1. The Labute approximate surface area is 110 Å². The molecule has 0 aliphatic rings. The first-order valence-electron chi connectivity index (χ1n) is 6.47. The SMILES string of the molecule is COc1ccccc1C(C)NC(=O)CCC(C)C. The highest BCUT2D eigenvalue weighted by Crippen LogP contribution is 2.24. The van der Waals surface area contributed by atoms with Crippen LogP contribution in [0.4, 0.5) is 0 Å². The van der Waals surface area contributed by atoms with Crippen LogP contribution in [0.3, 0.4) is 0 Å². The summed E-state index contributed by atoms with van der Waals surface area (Å²) in [6.45, 7) is 6.22. The second-order valence-corrected chi connectivity index (χ2v) is 4.96. The van der Waals surface area contributed by atoms with Gasteiger partial charge in [0.25, 0.3) is 0 Å². The molecule has 0 bridgehead atoms. The zero-order valence-electron chi connectivity index (χ0n) is 11.7. The maximum Gasteiger partial charge on any atom is 0.220 e. The number of hydrogen-bond donors (Lipinski definition) is 1. The molecule has 0 saturated heterocycles. The topological polar surface area (TPSA) is 38.3 Å². The normalized spacial score (nSPS) is 12.3. The summed E-state index contributed by atoms with van der Waals surface area (Å²) < 4.78 is 5.29. The van der Waals surface area contributed by atoms with E-state index in [-0.39, 0.29) is 11.9 Å². The lowest BCUT2D eigenvalue weighted by molar-refractivity contribution is -0.122. The van der Waals surface area contributed by atoms with Crippen molar-refractivity contribution >= 4 is 5.91 Å². The molecule has 1 aromatic rings. The minimum Gasteiger partial charge on any atom is -0.496 e. The number of nitrogens with one attached hydrogen (secondary N) is 1. The van der Waals surface area contributed by atoms with Crippen LogP contribution in [0.25, 0.3) is 0 Å². The predicted molar refractivity (Wildman–Crippen MR) is 73.6 cm³/mol. The van der Waals surface area contributed by atoms with E-state index in [1.807, 2.05) is 31.2 Å². The van der Waals surface area contributed by atoms with Crippen LogP contribution in [0.2, 0.25) is 0 Å². The summed E-state index contributed by atoms with van der Waals surface area (Å²) >= 11 is 0. The Kier molecular flexibility index (Phi) is 5.69. The maximum absolute atomic E-state index is 11.8. The van der Waals surface area contributed by atoms with Gasteiger partial charge < -0.3 is 10.1 Å². The molecular weight excluding hydrogens is 226 g/mol. The predicted octanol–water partition coefficient (Wildman–Crippen LogP) is 3.31. The minimum absolute atomic E-state index is 0.0270. The largest absolute Gasteiger partial charge is 0.496 e. The van der Waals surface area contributed by atoms with Crippen LogP contribution < -0.4 is 10.1 Å². The second kappa shape index (κ2) is 7.04. The Morgan fingerprint density at radius 3 is 2.56 bits per heavy atom. The van der Waals surface area contributed by atoms with E-state index in [2.05, 4.69) is 19.2 Å². The number of hydrogen-bond acceptors (Lipinski definition) is 2. The fraction of sp³-hybridized carbons (Fsp3) is 0.533. The van der Waals surface area contributed by atoms with Gasteiger partial charge in [-0.3, -0.25) is 4.79 Å². The zero-order chi connectivity index (χ0) is 13.5. The van der Waals surface area contributed by atoms with Gasteiger partial charge in [0.15, 0.2) is 0 Å². The molecule has 100 valence electrons. The van der Waals surface area contributed by atoms with E-state index in [1.165, 1.54) is 0 Å². The molecule has 0 aliphatic heterocycles. The van der Waals surface area contributed by atoms with Crippen molar-refractivity contribution in [1.29, 1.82) is 0 Å². The molecule has 1 unspecified atom stereocenters. The Bertz CT molecular complexity index is 388. The first-order valence-corrected chi connectivity index (χ1v) is 6.47. The minimum atomic E-state index is -0.0270. The van der Waals surface area contributed by atoms with E-state index >= 15 is 0 Å². The number of methoxy groups -OCH3 is 1. The third-order valence-electron chi connectivity index (χ3n) is 2.93. The van der Waals surface area contributed by atoms with Gasteiger partial charge in [-0.15, -0.1) is 0 Å². The molecule has 1 rings (SSSR count). The van der Waals surface area contributed by atoms with Gasteiger partial charge in [0.2, 0.25) is 5.91 Å². The molecule has 0 saturated carbocycles. The van der Waals surface area contributed by atoms with Crippen LogP contribution in [0, 0.1) is 5.92 Å². The molecule has 1 N–H and O–H groups in total. The van der Waals surface area contributed by atoms with Crippen LogP contribution in [0.1, 0.15) is 45.2 Å². The highest BCUT2D eigenvalue weighted by atomic mass is 16.5. The molecule has 18 heavy (non-hydrogen) atoms. The molecule has 0 spiro atoms. The van der Waals surface area contributed by atoms with Gasteiger partial charge >= 0.3 is 0 Å². The van der Waals surface area contributed by atoms with Crippen LogP contribution >= 0.6 is 0 Å². The Balaban J connectivity index is 2.59. The summed E-state index contributed by atoms with van der Waals surface area (Å²) in [5.41, 5.74) is 1.01. The van der Waals surface area contributed by atoms with Gasteiger partial charge in [-0.1, -0.05) is 32.0 Å². The van der Waals surface area contributed by atoms with E-state index in [9.17, 15) is 4.79 Å². The van der Waals surface area contributed by atoms with Crippen molar-refractivity contribution in [2.24, 2.45) is 5.92 Å². The van der Waals surface area contributed by atoms with Gasteiger partial charge in [-0.25, -0.2) is 0 Å². The van der Waals surface area contributed by atoms with Gasteiger partial charge in [0, 0.05) is 12.0 Å². The molecule has 0 heterocycles. The molecule has 0 fully saturated rings. The average Bonchev–Trinajstić information content (AvgIpc) is 2.36. The summed E-state index contributed by atoms with van der Waals surface area (Å²) in [6.07, 6.45) is 1.50. The van der Waals surface area contributed by atoms with Crippen molar-refractivity contribution in [3.63, 3.8) is 0 Å². The lowest BCUT2D eigenvalue weighted by Gasteiger charge is -2.17. The van der Waals surface area contributed by atoms with Crippen molar-refractivity contribution in [2.75, 3.05) is 7.11 Å². The standard InChI is InChI=1S/C15H23NO2/c1-11(2)9-10-15(17)16-12(3)13-7-5-6-8-14(13)18-4/h5-8,11-12H,9-10H2,1-4H3,(H,16,17). The Morgan fingerprint density at radius 2 is 1.94 bits per heavy atom. The number of carbonyl (C=O) groups is 1. The maximum atomic E-state index is 11.8. The fourth-order valence-corrected chi connectivity index (χ4v) is 1.84. The van der Waals surface area contributed by atoms with Crippen molar-refractivity contribution in [2.45, 2.75) is 39.7 Å². The first kappa shape index (κ1) is 14.6. The average molecular weight is 249 g/mol. The van der Waals surface area contributed by atoms with E-state index in [0.717, 1.165) is 17.7 Å². The van der Waals surface area contributed by atoms with Crippen molar-refractivity contribution < 1.29 is 9.53 Å². The number of amides is 1. The van der Waals surface area contributed by atoms with Gasteiger partial charge in [0.1, 0.15) is 5.75 Å². The van der Waals surface area contributed by atoms with Gasteiger partial charge in [-0.2, -0.15) is 0 Å². The van der Waals surface area contributed by atoms with Crippen LogP contribution in [0.5, 0.6) is 5.75 Å². The lowest BCUT2D eigenvalue weighted by atomic mass is 10.1. The van der Waals surface area contributed by atoms with Crippen LogP contribution in [-0.2, 0) is 4.79 Å². The highest BCUT2D eigenvalue weighted by molar-refractivity contribution is 5.76. The summed E-state index contributed by atoms with van der Waals surface area (Å²) in [4.78, 5) is 11.8. The number of rotatable bonds is 6. The van der Waals surface area contributed by atoms with Crippen molar-refractivity contribution in [3.05, 3.63) is 29.8 Å². The van der Waals surface area contributed by atoms with E-state index in [1.54, 1.807) is 7.11 Å². The monoisotopic (exact) mass is 249 g/mol. The van der Waals surface area contributed by atoms with Crippen LogP contribution in [-0.4, -0.2) is 13.0 Å². The molecule has 3 heteroatoms. The molecule has 3 nitrogen and oxygen atoms in total. The third-order valence-corrected chi connectivity index (χ3v) is 2.93. The molecule has 0 aromatic heterocycles. The van der Waals surface area contributed by atoms with Crippen molar-refractivity contribution in [1.82, 2.24) is 5.32 Å². The molecule has 1 atom stereocenters. The summed E-state index contributed by atoms with van der Waals surface area (Å²) in [5.74, 6) is 1.47. The first-order chi connectivity index (χ1) is 8.54. The van der Waals surface area contributed by atoms with E-state index in [0.29, 0.717) is 12.3 Å². The quantitative estimate of drug-likeness (QED) is 0.840. The van der Waals surface area contributed by atoms with Crippen LogP contribution in [0.15, 0.2) is 24.3 Å². The second-order valence-electron chi connectivity index (χ2n) is 4.96. The lowest BCUT2D eigenvalue weighted by Crippen LogP contribution is -2.26. The van der Waals surface area contributed by atoms with E-state index in [4.69, 9.17) is 4.74 Å². The summed E-state index contributed by atoms with van der Waals surface area (Å²) in [6, 6.07) is 7.74. The fourth-order valence-electron chi connectivity index (χ4n) is 1.84. The highest BCUT2D eigenvalue weighted by Gasteiger charge is 2.13. The number of carbonyl (C=O) groups excluding carboxylic acids is 1. The Morgan fingerprint density at radius 1 is 1.28 bits per heavy atom. The number of ether oxygens (including phenoxy) is 1. The zero-order valence-corrected chi connectivity index (χ0v) is 11.7. The molecule has 1 amide bonds. The van der Waals surface area contributed by atoms with E-state index < -0.39 is 0 Å². The Hall–Kier alpha value is -1.51. The summed E-state index contributed by atoms with van der Waals surface area (Å²) in [7, 11) is 1.64. The molecule has 0 aliphatic carbocycles. The summed E-state index contributed by atoms with van der Waals surface area (Å²) in [5, 5.41) is 3.01. The smallest absolute Gasteiger partial charge is 0.220 e. The van der Waals surface area contributed by atoms with Gasteiger partial charge in [0.05, 0.1) is 13.2 Å². The molecule has 1 aromatic carbocycles. The van der Waals surface area contributed by atoms with Crippen molar-refractivity contribution in [3.8, 4) is 5.75 Å².